The van der Waals surface area contributed by atoms with Crippen LogP contribution in [0.1, 0.15) is 34.3 Å². The van der Waals surface area contributed by atoms with Crippen LogP contribution >= 0.6 is 0 Å². The molecule has 1 aliphatic rings. The van der Waals surface area contributed by atoms with E-state index in [9.17, 15) is 4.79 Å². The van der Waals surface area contributed by atoms with E-state index < -0.39 is 0 Å². The number of amides is 1. The third-order valence-electron chi connectivity index (χ3n) is 4.64. The number of hydrogen-bond donors (Lipinski definition) is 1. The average Bonchev–Trinajstić information content (AvgIpc) is 3.48. The highest BCUT2D eigenvalue weighted by Gasteiger charge is 2.23. The molecule has 0 aliphatic heterocycles. The van der Waals surface area contributed by atoms with E-state index in [1.165, 1.54) is 0 Å². The highest BCUT2D eigenvalue weighted by molar-refractivity contribution is 6.04. The number of nitrogens with zero attached hydrogens (tertiary/aromatic N) is 2. The minimum atomic E-state index is -0.211. The topological polar surface area (TPSA) is 64.1 Å². The lowest BCUT2D eigenvalue weighted by Gasteiger charge is -2.11. The second-order valence-electron chi connectivity index (χ2n) is 6.87. The first-order valence-corrected chi connectivity index (χ1v) is 9.06. The van der Waals surface area contributed by atoms with Crippen LogP contribution in [0.3, 0.4) is 0 Å². The van der Waals surface area contributed by atoms with Gasteiger partial charge in [-0.3, -0.25) is 9.78 Å². The quantitative estimate of drug-likeness (QED) is 0.726. The summed E-state index contributed by atoms with van der Waals surface area (Å²) in [4.78, 5) is 20.8. The van der Waals surface area contributed by atoms with Gasteiger partial charge in [0.1, 0.15) is 11.6 Å². The van der Waals surface area contributed by atoms with Gasteiger partial charge in [-0.2, -0.15) is 0 Å². The minimum Gasteiger partial charge on any atom is -0.490 e. The summed E-state index contributed by atoms with van der Waals surface area (Å²) in [6.45, 7) is 3.95. The molecule has 0 atom stereocenters. The average molecular weight is 359 g/mol. The normalized spacial score (nSPS) is 13.3. The van der Waals surface area contributed by atoms with E-state index in [1.807, 2.05) is 31.2 Å². The molecule has 4 rings (SSSR count). The van der Waals surface area contributed by atoms with Crippen molar-refractivity contribution in [3.63, 3.8) is 0 Å². The molecule has 0 radical (unpaired) electrons. The second-order valence-corrected chi connectivity index (χ2v) is 6.87. The number of rotatable bonds is 5. The Morgan fingerprint density at radius 2 is 1.93 bits per heavy atom. The van der Waals surface area contributed by atoms with Crippen molar-refractivity contribution < 1.29 is 9.53 Å². The highest BCUT2D eigenvalue weighted by Crippen LogP contribution is 2.32. The van der Waals surface area contributed by atoms with Crippen LogP contribution in [0.4, 0.5) is 5.82 Å². The highest BCUT2D eigenvalue weighted by atomic mass is 16.5. The zero-order valence-electron chi connectivity index (χ0n) is 15.4. The summed E-state index contributed by atoms with van der Waals surface area (Å²) >= 11 is 0. The summed E-state index contributed by atoms with van der Waals surface area (Å²) in [7, 11) is 0. The Balaban J connectivity index is 1.52. The summed E-state index contributed by atoms with van der Waals surface area (Å²) in [5.74, 6) is 1.19. The molecule has 0 unspecified atom stereocenters. The Morgan fingerprint density at radius 3 is 2.63 bits per heavy atom. The Morgan fingerprint density at radius 1 is 1.07 bits per heavy atom. The van der Waals surface area contributed by atoms with E-state index in [4.69, 9.17) is 4.74 Å². The molecule has 2 aromatic heterocycles. The number of aromatic nitrogens is 2. The molecule has 0 saturated heterocycles. The molecular formula is C22H21N3O2. The Bertz CT molecular complexity index is 979. The number of hydrogen-bond acceptors (Lipinski definition) is 4. The van der Waals surface area contributed by atoms with Gasteiger partial charge in [0.25, 0.3) is 5.91 Å². The van der Waals surface area contributed by atoms with Crippen LogP contribution < -0.4 is 10.1 Å². The second kappa shape index (κ2) is 7.19. The summed E-state index contributed by atoms with van der Waals surface area (Å²) < 4.78 is 5.90. The fourth-order valence-corrected chi connectivity index (χ4v) is 2.88. The van der Waals surface area contributed by atoms with Crippen molar-refractivity contribution >= 4 is 11.7 Å². The number of carbonyl (C=O) groups excluding carboxylic acids is 1. The van der Waals surface area contributed by atoms with Crippen LogP contribution in [0.5, 0.6) is 5.75 Å². The minimum absolute atomic E-state index is 0.211. The van der Waals surface area contributed by atoms with Gasteiger partial charge in [0, 0.05) is 24.2 Å². The third-order valence-corrected chi connectivity index (χ3v) is 4.64. The lowest BCUT2D eigenvalue weighted by molar-refractivity contribution is 0.102. The predicted molar refractivity (Wildman–Crippen MR) is 105 cm³/mol. The predicted octanol–water partition coefficient (Wildman–Crippen LogP) is 4.55. The maximum absolute atomic E-state index is 12.4. The lowest BCUT2D eigenvalue weighted by atomic mass is 10.0. The van der Waals surface area contributed by atoms with Gasteiger partial charge in [0.05, 0.1) is 11.7 Å². The Hall–Kier alpha value is -3.21. The van der Waals surface area contributed by atoms with E-state index in [1.54, 1.807) is 18.6 Å². The third kappa shape index (κ3) is 3.97. The smallest absolute Gasteiger partial charge is 0.258 e. The van der Waals surface area contributed by atoms with E-state index in [0.29, 0.717) is 17.5 Å². The SMILES string of the molecule is Cc1ccncc1C(=O)Nc1ccc(-c2cc(OC3CC3)ccc2C)cn1. The molecule has 3 aromatic rings. The van der Waals surface area contributed by atoms with Crippen LogP contribution in [0.25, 0.3) is 11.1 Å². The standard InChI is InChI=1S/C22H21N3O2/c1-14-3-5-18(27-17-6-7-17)11-19(14)16-4-8-21(24-12-16)25-22(26)20-13-23-10-9-15(20)2/h3-5,8-13,17H,6-7H2,1-2H3,(H,24,25,26). The number of anilines is 1. The first kappa shape index (κ1) is 17.2. The van der Waals surface area contributed by atoms with Crippen LogP contribution in [0.15, 0.2) is 55.0 Å². The monoisotopic (exact) mass is 359 g/mol. The molecule has 1 N–H and O–H groups in total. The maximum Gasteiger partial charge on any atom is 0.258 e. The molecule has 5 heteroatoms. The molecular weight excluding hydrogens is 338 g/mol. The van der Waals surface area contributed by atoms with E-state index >= 15 is 0 Å². The van der Waals surface area contributed by atoms with Gasteiger partial charge in [-0.1, -0.05) is 6.07 Å². The molecule has 1 amide bonds. The van der Waals surface area contributed by atoms with Gasteiger partial charge in [-0.05, 0) is 73.7 Å². The molecule has 5 nitrogen and oxygen atoms in total. The van der Waals surface area contributed by atoms with Crippen molar-refractivity contribution in [3.8, 4) is 16.9 Å². The number of aryl methyl sites for hydroxylation is 2. The van der Waals surface area contributed by atoms with Crippen molar-refractivity contribution in [2.24, 2.45) is 0 Å². The van der Waals surface area contributed by atoms with Crippen LogP contribution in [0, 0.1) is 13.8 Å². The maximum atomic E-state index is 12.4. The van der Waals surface area contributed by atoms with Gasteiger partial charge in [0.15, 0.2) is 0 Å². The van der Waals surface area contributed by atoms with E-state index in [-0.39, 0.29) is 5.91 Å². The van der Waals surface area contributed by atoms with Gasteiger partial charge < -0.3 is 10.1 Å². The Labute approximate surface area is 158 Å². The van der Waals surface area contributed by atoms with Crippen LogP contribution in [-0.4, -0.2) is 22.0 Å². The zero-order chi connectivity index (χ0) is 18.8. The number of ether oxygens (including phenoxy) is 1. The molecule has 1 aliphatic carbocycles. The number of nitrogens with one attached hydrogen (secondary N) is 1. The number of benzene rings is 1. The van der Waals surface area contributed by atoms with Crippen molar-refractivity contribution in [2.45, 2.75) is 32.8 Å². The van der Waals surface area contributed by atoms with Crippen molar-refractivity contribution in [1.29, 1.82) is 0 Å². The first-order chi connectivity index (χ1) is 13.1. The molecule has 2 heterocycles. The van der Waals surface area contributed by atoms with Gasteiger partial charge in [-0.25, -0.2) is 4.98 Å². The van der Waals surface area contributed by atoms with Gasteiger partial charge in [-0.15, -0.1) is 0 Å². The zero-order valence-corrected chi connectivity index (χ0v) is 15.4. The molecule has 136 valence electrons. The Kier molecular flexibility index (Phi) is 4.59. The number of pyridine rings is 2. The van der Waals surface area contributed by atoms with Crippen LogP contribution in [-0.2, 0) is 0 Å². The van der Waals surface area contributed by atoms with Gasteiger partial charge >= 0.3 is 0 Å². The largest absolute Gasteiger partial charge is 0.490 e. The molecule has 1 fully saturated rings. The molecule has 27 heavy (non-hydrogen) atoms. The molecule has 0 bridgehead atoms. The van der Waals surface area contributed by atoms with Crippen molar-refractivity contribution in [1.82, 2.24) is 9.97 Å². The van der Waals surface area contributed by atoms with E-state index in [0.717, 1.165) is 40.8 Å². The number of carbonyl (C=O) groups is 1. The van der Waals surface area contributed by atoms with Gasteiger partial charge in [0.2, 0.25) is 0 Å². The summed E-state index contributed by atoms with van der Waals surface area (Å²) in [6, 6.07) is 11.7. The van der Waals surface area contributed by atoms with Crippen molar-refractivity contribution in [2.75, 3.05) is 5.32 Å². The summed E-state index contributed by atoms with van der Waals surface area (Å²) in [5.41, 5.74) is 4.65. The van der Waals surface area contributed by atoms with Crippen molar-refractivity contribution in [3.05, 3.63) is 71.7 Å². The molecule has 0 spiro atoms. The fourth-order valence-electron chi connectivity index (χ4n) is 2.88. The lowest BCUT2D eigenvalue weighted by Crippen LogP contribution is -2.14. The molecule has 1 aromatic carbocycles. The first-order valence-electron chi connectivity index (χ1n) is 9.06. The molecule has 1 saturated carbocycles. The van der Waals surface area contributed by atoms with E-state index in [2.05, 4.69) is 34.3 Å². The summed E-state index contributed by atoms with van der Waals surface area (Å²) in [5, 5.41) is 2.82. The summed E-state index contributed by atoms with van der Waals surface area (Å²) in [6.07, 6.45) is 7.64. The van der Waals surface area contributed by atoms with Crippen LogP contribution in [0.2, 0.25) is 0 Å². The fraction of sp³-hybridized carbons (Fsp3) is 0.227.